The Morgan fingerprint density at radius 1 is 1.03 bits per heavy atom. The Morgan fingerprint density at radius 3 is 2.31 bits per heavy atom. The molecular weight excluding hydrogens is 366 g/mol. The molecular formula is C22H23N5O2. The molecule has 148 valence electrons. The maximum Gasteiger partial charge on any atom is 0.329 e. The lowest BCUT2D eigenvalue weighted by atomic mass is 10.1. The highest BCUT2D eigenvalue weighted by Crippen LogP contribution is 2.20. The van der Waals surface area contributed by atoms with Crippen molar-refractivity contribution in [3.63, 3.8) is 0 Å². The van der Waals surface area contributed by atoms with Crippen molar-refractivity contribution >= 4 is 16.9 Å². The van der Waals surface area contributed by atoms with Gasteiger partial charge in [-0.3, -0.25) is 13.9 Å². The number of hydrogen-bond donors (Lipinski definition) is 1. The first kappa shape index (κ1) is 18.7. The van der Waals surface area contributed by atoms with Crippen LogP contribution in [0.3, 0.4) is 0 Å². The minimum absolute atomic E-state index is 0.0555. The van der Waals surface area contributed by atoms with Crippen molar-refractivity contribution in [2.24, 2.45) is 7.05 Å². The zero-order valence-electron chi connectivity index (χ0n) is 16.4. The highest BCUT2D eigenvalue weighted by Gasteiger charge is 2.22. The van der Waals surface area contributed by atoms with Crippen molar-refractivity contribution in [3.8, 4) is 0 Å². The van der Waals surface area contributed by atoms with Crippen LogP contribution in [-0.4, -0.2) is 24.6 Å². The van der Waals surface area contributed by atoms with Gasteiger partial charge in [0, 0.05) is 26.0 Å². The predicted molar refractivity (Wildman–Crippen MR) is 112 cm³/mol. The van der Waals surface area contributed by atoms with Gasteiger partial charge in [0.1, 0.15) is 18.4 Å². The van der Waals surface area contributed by atoms with Crippen LogP contribution in [0.4, 0.5) is 0 Å². The minimum Gasteiger partial charge on any atom is -0.341 e. The molecule has 29 heavy (non-hydrogen) atoms. The highest BCUT2D eigenvalue weighted by atomic mass is 16.2. The summed E-state index contributed by atoms with van der Waals surface area (Å²) >= 11 is 0. The Labute approximate surface area is 168 Å². The number of carbonyl (C=O) groups is 1. The van der Waals surface area contributed by atoms with E-state index in [2.05, 4.69) is 10.3 Å². The van der Waals surface area contributed by atoms with Crippen molar-refractivity contribution in [2.75, 3.05) is 0 Å². The summed E-state index contributed by atoms with van der Waals surface area (Å²) in [6.07, 6.45) is 3.55. The van der Waals surface area contributed by atoms with Crippen LogP contribution in [-0.2, 0) is 24.9 Å². The zero-order valence-corrected chi connectivity index (χ0v) is 16.4. The quantitative estimate of drug-likeness (QED) is 0.551. The van der Waals surface area contributed by atoms with Crippen LogP contribution in [0.15, 0.2) is 71.8 Å². The smallest absolute Gasteiger partial charge is 0.329 e. The summed E-state index contributed by atoms with van der Waals surface area (Å²) in [6.45, 7) is 2.42. The number of aryl methyl sites for hydroxylation is 2. The Morgan fingerprint density at radius 2 is 1.69 bits per heavy atom. The number of aromatic nitrogens is 4. The predicted octanol–water partition coefficient (Wildman–Crippen LogP) is 2.46. The van der Waals surface area contributed by atoms with E-state index in [9.17, 15) is 9.59 Å². The van der Waals surface area contributed by atoms with E-state index in [0.717, 1.165) is 22.4 Å². The first-order valence-electron chi connectivity index (χ1n) is 9.59. The fraction of sp³-hybridized carbons (Fsp3) is 0.227. The first-order chi connectivity index (χ1) is 14.1. The van der Waals surface area contributed by atoms with Gasteiger partial charge < -0.3 is 9.88 Å². The summed E-state index contributed by atoms with van der Waals surface area (Å²) in [6, 6.07) is 16.8. The molecule has 0 unspecified atom stereocenters. The van der Waals surface area contributed by atoms with Crippen LogP contribution in [0.1, 0.15) is 24.4 Å². The Kier molecular flexibility index (Phi) is 5.03. The van der Waals surface area contributed by atoms with Gasteiger partial charge in [-0.15, -0.1) is 0 Å². The minimum atomic E-state index is -0.404. The average Bonchev–Trinajstić information content (AvgIpc) is 3.28. The lowest BCUT2D eigenvalue weighted by Crippen LogP contribution is -2.36. The van der Waals surface area contributed by atoms with Gasteiger partial charge in [-0.2, -0.15) is 0 Å². The molecule has 2 heterocycles. The second-order valence-corrected chi connectivity index (χ2v) is 6.91. The molecule has 7 heteroatoms. The first-order valence-corrected chi connectivity index (χ1v) is 9.59. The largest absolute Gasteiger partial charge is 0.341 e. The van der Waals surface area contributed by atoms with Crippen LogP contribution in [0.25, 0.3) is 11.0 Å². The SMILES string of the molecule is CCn1c(=O)n(CC(=O)N[C@H](c2ccccc2)c2nccn2C)c2ccccc21. The second-order valence-electron chi connectivity index (χ2n) is 6.91. The van der Waals surface area contributed by atoms with E-state index in [1.54, 1.807) is 10.8 Å². The number of para-hydroxylation sites is 2. The molecule has 0 bridgehead atoms. The monoisotopic (exact) mass is 389 g/mol. The number of benzene rings is 2. The molecule has 0 radical (unpaired) electrons. The van der Waals surface area contributed by atoms with E-state index >= 15 is 0 Å². The number of nitrogens with one attached hydrogen (secondary N) is 1. The number of hydrogen-bond acceptors (Lipinski definition) is 3. The fourth-order valence-corrected chi connectivity index (χ4v) is 3.68. The third-order valence-electron chi connectivity index (χ3n) is 5.10. The highest BCUT2D eigenvalue weighted by molar-refractivity contribution is 5.81. The lowest BCUT2D eigenvalue weighted by Gasteiger charge is -2.19. The number of fused-ring (bicyclic) bond motifs is 1. The standard InChI is InChI=1S/C22H23N5O2/c1-3-26-17-11-7-8-12-18(17)27(22(26)29)15-19(28)24-20(16-9-5-4-6-10-16)21-23-13-14-25(21)2/h4-14,20H,3,15H2,1-2H3,(H,24,28)/t20-/m1/s1. The van der Waals surface area contributed by atoms with Gasteiger partial charge in [-0.25, -0.2) is 9.78 Å². The van der Waals surface area contributed by atoms with E-state index in [1.807, 2.05) is 79.3 Å². The maximum absolute atomic E-state index is 13.0. The molecule has 1 N–H and O–H groups in total. The summed E-state index contributed by atoms with van der Waals surface area (Å²) < 4.78 is 5.08. The van der Waals surface area contributed by atoms with Crippen LogP contribution < -0.4 is 11.0 Å². The zero-order chi connectivity index (χ0) is 20.4. The van der Waals surface area contributed by atoms with Crippen molar-refractivity contribution in [2.45, 2.75) is 26.1 Å². The van der Waals surface area contributed by atoms with Crippen molar-refractivity contribution in [1.29, 1.82) is 0 Å². The van der Waals surface area contributed by atoms with Crippen molar-refractivity contribution in [3.05, 3.63) is 88.9 Å². The molecule has 2 aromatic heterocycles. The van der Waals surface area contributed by atoms with E-state index in [0.29, 0.717) is 6.54 Å². The molecule has 1 atom stereocenters. The van der Waals surface area contributed by atoms with Crippen LogP contribution >= 0.6 is 0 Å². The van der Waals surface area contributed by atoms with Gasteiger partial charge in [-0.05, 0) is 24.6 Å². The van der Waals surface area contributed by atoms with Gasteiger partial charge in [0.05, 0.1) is 11.0 Å². The van der Waals surface area contributed by atoms with Crippen molar-refractivity contribution < 1.29 is 4.79 Å². The van der Waals surface area contributed by atoms with Crippen LogP contribution in [0.5, 0.6) is 0 Å². The number of rotatable bonds is 6. The molecule has 4 aromatic rings. The topological polar surface area (TPSA) is 73.8 Å². The molecule has 0 spiro atoms. The van der Waals surface area contributed by atoms with E-state index in [4.69, 9.17) is 0 Å². The van der Waals surface area contributed by atoms with E-state index in [-0.39, 0.29) is 18.1 Å². The summed E-state index contributed by atoms with van der Waals surface area (Å²) in [7, 11) is 1.89. The Balaban J connectivity index is 1.67. The third kappa shape index (κ3) is 3.47. The molecule has 4 rings (SSSR count). The average molecular weight is 389 g/mol. The summed E-state index contributed by atoms with van der Waals surface area (Å²) in [5, 5.41) is 3.05. The molecule has 1 amide bonds. The maximum atomic E-state index is 13.0. The van der Waals surface area contributed by atoms with Crippen molar-refractivity contribution in [1.82, 2.24) is 24.0 Å². The molecule has 2 aromatic carbocycles. The van der Waals surface area contributed by atoms with Gasteiger partial charge in [0.2, 0.25) is 5.91 Å². The van der Waals surface area contributed by atoms with Gasteiger partial charge in [0.25, 0.3) is 0 Å². The van der Waals surface area contributed by atoms with Gasteiger partial charge in [-0.1, -0.05) is 42.5 Å². The number of nitrogens with zero attached hydrogens (tertiary/aromatic N) is 4. The summed E-state index contributed by atoms with van der Waals surface area (Å²) in [5.41, 5.74) is 2.33. The lowest BCUT2D eigenvalue weighted by molar-refractivity contribution is -0.122. The normalized spacial score (nSPS) is 12.2. The third-order valence-corrected chi connectivity index (χ3v) is 5.10. The fourth-order valence-electron chi connectivity index (χ4n) is 3.68. The second kappa shape index (κ2) is 7.79. The van der Waals surface area contributed by atoms with E-state index in [1.165, 1.54) is 4.57 Å². The molecule has 0 fully saturated rings. The number of amides is 1. The molecule has 0 aliphatic carbocycles. The molecule has 0 aliphatic heterocycles. The Bertz CT molecular complexity index is 1200. The number of imidazole rings is 2. The number of carbonyl (C=O) groups excluding carboxylic acids is 1. The molecule has 0 saturated heterocycles. The molecule has 7 nitrogen and oxygen atoms in total. The van der Waals surface area contributed by atoms with Gasteiger partial charge in [0.15, 0.2) is 0 Å². The summed E-state index contributed by atoms with van der Waals surface area (Å²) in [4.78, 5) is 30.2. The van der Waals surface area contributed by atoms with Gasteiger partial charge >= 0.3 is 5.69 Å². The summed E-state index contributed by atoms with van der Waals surface area (Å²) in [5.74, 6) is 0.482. The molecule has 0 aliphatic rings. The van der Waals surface area contributed by atoms with Crippen LogP contribution in [0, 0.1) is 0 Å². The van der Waals surface area contributed by atoms with E-state index < -0.39 is 6.04 Å². The Hall–Kier alpha value is -3.61. The van der Waals surface area contributed by atoms with Crippen LogP contribution in [0.2, 0.25) is 0 Å². The molecule has 0 saturated carbocycles.